The number of carbonyl (C=O) groups excluding carboxylic acids is 3. The molecule has 0 aromatic heterocycles. The molecule has 1 rings (SSSR count). The maximum absolute atomic E-state index is 12.5. The molecule has 0 unspecified atom stereocenters. The summed E-state index contributed by atoms with van der Waals surface area (Å²) in [6.07, 6.45) is -0.577. The highest BCUT2D eigenvalue weighted by molar-refractivity contribution is 7.99. The summed E-state index contributed by atoms with van der Waals surface area (Å²) >= 11 is 0.787. The molecule has 2 amide bonds. The molecule has 0 fully saturated rings. The highest BCUT2D eigenvalue weighted by Crippen LogP contribution is 2.31. The molecule has 17 nitrogen and oxygen atoms in total. The Morgan fingerprint density at radius 3 is 2.32 bits per heavy atom. The van der Waals surface area contributed by atoms with Crippen LogP contribution < -0.4 is 16.4 Å². The molecule has 1 aromatic rings. The summed E-state index contributed by atoms with van der Waals surface area (Å²) in [7, 11) is 0. The summed E-state index contributed by atoms with van der Waals surface area (Å²) in [6, 6.07) is 0.860. The average molecular weight is 605 g/mol. The van der Waals surface area contributed by atoms with Gasteiger partial charge in [0.25, 0.3) is 5.69 Å². The second kappa shape index (κ2) is 19.3. The zero-order valence-corrected chi connectivity index (χ0v) is 22.6. The molecule has 18 heteroatoms. The van der Waals surface area contributed by atoms with Crippen molar-refractivity contribution in [3.05, 3.63) is 33.9 Å². The van der Waals surface area contributed by atoms with Crippen LogP contribution in [0.4, 0.5) is 5.69 Å². The first-order valence-electron chi connectivity index (χ1n) is 12.1. The first-order valence-corrected chi connectivity index (χ1v) is 13.1. The van der Waals surface area contributed by atoms with Gasteiger partial charge < -0.3 is 45.9 Å². The van der Waals surface area contributed by atoms with Gasteiger partial charge in [-0.1, -0.05) is 0 Å². The maximum atomic E-state index is 12.5. The summed E-state index contributed by atoms with van der Waals surface area (Å²) in [5, 5.41) is 42.4. The number of nitro benzene ring substituents is 1. The van der Waals surface area contributed by atoms with Crippen LogP contribution in [0, 0.1) is 10.1 Å². The summed E-state index contributed by atoms with van der Waals surface area (Å²) in [6.45, 7) is -0.338. The Labute approximate surface area is 237 Å². The molecule has 0 aliphatic heterocycles. The normalized spacial score (nSPS) is 12.1. The number of esters is 1. The Balaban J connectivity index is 2.83. The van der Waals surface area contributed by atoms with Crippen molar-refractivity contribution < 1.29 is 58.4 Å². The third-order valence-electron chi connectivity index (χ3n) is 4.93. The van der Waals surface area contributed by atoms with Gasteiger partial charge >= 0.3 is 17.9 Å². The minimum absolute atomic E-state index is 0.0379. The molecule has 0 bridgehead atoms. The van der Waals surface area contributed by atoms with E-state index in [0.29, 0.717) is 0 Å². The van der Waals surface area contributed by atoms with E-state index in [1.807, 2.05) is 0 Å². The number of amides is 2. The molecular weight excluding hydrogens is 572 g/mol. The molecule has 7 N–H and O–H groups in total. The molecular formula is C23H32N4O13S. The number of ether oxygens (including phenoxy) is 3. The van der Waals surface area contributed by atoms with Crippen LogP contribution >= 0.6 is 11.8 Å². The number of nitrogens with two attached hydrogens (primary N) is 1. The fraction of sp³-hybridized carbons (Fsp3) is 0.522. The molecule has 0 saturated heterocycles. The van der Waals surface area contributed by atoms with Crippen molar-refractivity contribution in [1.29, 1.82) is 0 Å². The van der Waals surface area contributed by atoms with E-state index in [0.717, 1.165) is 17.8 Å². The third-order valence-corrected chi connectivity index (χ3v) is 6.09. The summed E-state index contributed by atoms with van der Waals surface area (Å²) in [4.78, 5) is 69.7. The number of hydrogen-bond acceptors (Lipinski definition) is 13. The predicted molar refractivity (Wildman–Crippen MR) is 140 cm³/mol. The number of aliphatic hydroxyl groups is 1. The molecule has 0 spiro atoms. The SMILES string of the molecule is N[C@@H](CCC(=O)N[C@@H](CSc1ccc(C(=O)OCCOCCOCCO)cc1[N+](=O)[O-])C(=O)NCC(=O)O)C(=O)O. The number of aliphatic hydroxyl groups excluding tert-OH is 1. The predicted octanol–water partition coefficient (Wildman–Crippen LogP) is -1.25. The highest BCUT2D eigenvalue weighted by Gasteiger charge is 2.25. The van der Waals surface area contributed by atoms with E-state index >= 15 is 0 Å². The monoisotopic (exact) mass is 604 g/mol. The number of nitrogens with zero attached hydrogens (tertiary/aromatic N) is 1. The van der Waals surface area contributed by atoms with Crippen molar-refractivity contribution in [3.63, 3.8) is 0 Å². The Morgan fingerprint density at radius 1 is 1.05 bits per heavy atom. The smallest absolute Gasteiger partial charge is 0.338 e. The van der Waals surface area contributed by atoms with E-state index in [4.69, 9.17) is 35.3 Å². The van der Waals surface area contributed by atoms with Crippen LogP contribution in [-0.4, -0.2) is 114 Å². The van der Waals surface area contributed by atoms with Gasteiger partial charge in [-0.2, -0.15) is 0 Å². The minimum Gasteiger partial charge on any atom is -0.480 e. The maximum Gasteiger partial charge on any atom is 0.338 e. The summed E-state index contributed by atoms with van der Waals surface area (Å²) in [5.41, 5.74) is 4.77. The van der Waals surface area contributed by atoms with Gasteiger partial charge in [0, 0.05) is 18.2 Å². The topological polar surface area (TPSA) is 267 Å². The van der Waals surface area contributed by atoms with Gasteiger partial charge in [0.1, 0.15) is 25.2 Å². The zero-order valence-electron chi connectivity index (χ0n) is 21.8. The average Bonchev–Trinajstić information content (AvgIpc) is 2.93. The molecule has 41 heavy (non-hydrogen) atoms. The zero-order chi connectivity index (χ0) is 30.8. The van der Waals surface area contributed by atoms with E-state index in [1.54, 1.807) is 0 Å². The number of thioether (sulfide) groups is 1. The number of hydrogen-bond donors (Lipinski definition) is 6. The number of nitro groups is 1. The summed E-state index contributed by atoms with van der Waals surface area (Å²) < 4.78 is 15.2. The Morgan fingerprint density at radius 2 is 1.71 bits per heavy atom. The van der Waals surface area contributed by atoms with Crippen LogP contribution in [0.1, 0.15) is 23.2 Å². The van der Waals surface area contributed by atoms with Gasteiger partial charge in [-0.05, 0) is 18.6 Å². The lowest BCUT2D eigenvalue weighted by atomic mass is 10.1. The highest BCUT2D eigenvalue weighted by atomic mass is 32.2. The lowest BCUT2D eigenvalue weighted by Crippen LogP contribution is -2.49. The van der Waals surface area contributed by atoms with Gasteiger partial charge in [0.15, 0.2) is 0 Å². The lowest BCUT2D eigenvalue weighted by Gasteiger charge is -2.18. The first-order chi connectivity index (χ1) is 19.5. The van der Waals surface area contributed by atoms with Crippen molar-refractivity contribution in [2.24, 2.45) is 5.73 Å². The summed E-state index contributed by atoms with van der Waals surface area (Å²) in [5.74, 6) is -5.42. The van der Waals surface area contributed by atoms with E-state index in [-0.39, 0.29) is 68.7 Å². The largest absolute Gasteiger partial charge is 0.480 e. The van der Waals surface area contributed by atoms with E-state index < -0.39 is 59.0 Å². The standard InChI is InChI=1S/C23H32N4O13S/c24-15(22(33)34)2-4-19(29)26-16(21(32)25-12-20(30)31)13-41-18-3-1-14(11-17(18)27(36)37)23(35)40-10-9-39-8-7-38-6-5-28/h1,3,11,15-16,28H,2,4-10,12-13,24H2,(H,25,32)(H,26,29)(H,30,31)(H,33,34)/t15-,16-/m0/s1. The van der Waals surface area contributed by atoms with E-state index in [2.05, 4.69) is 10.6 Å². The molecule has 0 heterocycles. The minimum atomic E-state index is -1.35. The molecule has 228 valence electrons. The third kappa shape index (κ3) is 14.4. The molecule has 2 atom stereocenters. The Kier molecular flexibility index (Phi) is 16.5. The van der Waals surface area contributed by atoms with Crippen molar-refractivity contribution in [3.8, 4) is 0 Å². The molecule has 0 radical (unpaired) electrons. The van der Waals surface area contributed by atoms with Crippen LogP contribution in [0.3, 0.4) is 0 Å². The number of nitrogens with one attached hydrogen (secondary N) is 2. The molecule has 0 aliphatic rings. The molecule has 0 saturated carbocycles. The quantitative estimate of drug-likeness (QED) is 0.0314. The lowest BCUT2D eigenvalue weighted by molar-refractivity contribution is -0.387. The number of carboxylic acids is 2. The fourth-order valence-corrected chi connectivity index (χ4v) is 3.92. The van der Waals surface area contributed by atoms with Crippen LogP contribution in [0.5, 0.6) is 0 Å². The van der Waals surface area contributed by atoms with Gasteiger partial charge in [-0.3, -0.25) is 29.3 Å². The number of carboxylic acid groups (broad SMARTS) is 2. The Hall–Kier alpha value is -3.84. The second-order valence-corrected chi connectivity index (χ2v) is 9.11. The molecule has 1 aromatic carbocycles. The van der Waals surface area contributed by atoms with Crippen LogP contribution in [0.25, 0.3) is 0 Å². The number of carbonyl (C=O) groups is 5. The second-order valence-electron chi connectivity index (χ2n) is 8.05. The van der Waals surface area contributed by atoms with Gasteiger partial charge in [-0.15, -0.1) is 11.8 Å². The van der Waals surface area contributed by atoms with Crippen molar-refractivity contribution in [2.45, 2.75) is 29.8 Å². The van der Waals surface area contributed by atoms with Gasteiger partial charge in [0.2, 0.25) is 11.8 Å². The molecule has 0 aliphatic carbocycles. The Bertz CT molecular complexity index is 1070. The van der Waals surface area contributed by atoms with Crippen molar-refractivity contribution in [1.82, 2.24) is 10.6 Å². The van der Waals surface area contributed by atoms with Crippen molar-refractivity contribution >= 4 is 47.2 Å². The first kappa shape index (κ1) is 35.2. The number of aliphatic carboxylic acids is 2. The number of benzene rings is 1. The fourth-order valence-electron chi connectivity index (χ4n) is 2.89. The van der Waals surface area contributed by atoms with Gasteiger partial charge in [-0.25, -0.2) is 4.79 Å². The van der Waals surface area contributed by atoms with Crippen LogP contribution in [0.15, 0.2) is 23.1 Å². The van der Waals surface area contributed by atoms with Gasteiger partial charge in [0.05, 0.1) is 48.4 Å². The van der Waals surface area contributed by atoms with E-state index in [9.17, 15) is 34.1 Å². The van der Waals surface area contributed by atoms with Crippen molar-refractivity contribution in [2.75, 3.05) is 51.9 Å². The van der Waals surface area contributed by atoms with Crippen LogP contribution in [-0.2, 0) is 33.4 Å². The van der Waals surface area contributed by atoms with Crippen LogP contribution in [0.2, 0.25) is 0 Å². The number of rotatable bonds is 21. The van der Waals surface area contributed by atoms with E-state index in [1.165, 1.54) is 12.1 Å².